The third-order valence-electron chi connectivity index (χ3n) is 4.03. The summed E-state index contributed by atoms with van der Waals surface area (Å²) in [5.41, 5.74) is 0. The summed E-state index contributed by atoms with van der Waals surface area (Å²) in [6.45, 7) is 10.9. The molecule has 0 heterocycles. The molecule has 0 aromatic carbocycles. The first-order chi connectivity index (χ1) is 11.2. The summed E-state index contributed by atoms with van der Waals surface area (Å²) in [6, 6.07) is -0.135. The molecule has 0 bridgehead atoms. The highest BCUT2D eigenvalue weighted by molar-refractivity contribution is 7.80. The van der Waals surface area contributed by atoms with E-state index in [0.29, 0.717) is 18.9 Å². The maximum absolute atomic E-state index is 12.2. The topological polar surface area (TPSA) is 58.2 Å². The zero-order valence-corrected chi connectivity index (χ0v) is 17.1. The molecule has 142 valence electrons. The average Bonchev–Trinajstić information content (AvgIpc) is 2.48. The van der Waals surface area contributed by atoms with Crippen LogP contribution >= 0.6 is 12.6 Å². The quantitative estimate of drug-likeness (QED) is 0.250. The highest BCUT2D eigenvalue weighted by atomic mass is 32.1. The molecule has 2 atom stereocenters. The highest BCUT2D eigenvalue weighted by Gasteiger charge is 2.21. The van der Waals surface area contributed by atoms with Crippen molar-refractivity contribution >= 4 is 24.3 Å². The molecule has 0 saturated carbocycles. The van der Waals surface area contributed by atoms with E-state index in [1.807, 2.05) is 20.8 Å². The lowest BCUT2D eigenvalue weighted by Gasteiger charge is -2.21. The Morgan fingerprint density at radius 3 is 2.08 bits per heavy atom. The summed E-state index contributed by atoms with van der Waals surface area (Å²) in [7, 11) is 0. The van der Waals surface area contributed by atoms with Crippen LogP contribution in [0.1, 0.15) is 79.6 Å². The van der Waals surface area contributed by atoms with Crippen molar-refractivity contribution in [1.29, 1.82) is 0 Å². The molecule has 1 amide bonds. The van der Waals surface area contributed by atoms with Crippen LogP contribution in [0.15, 0.2) is 0 Å². The first kappa shape index (κ1) is 23.4. The van der Waals surface area contributed by atoms with Crippen molar-refractivity contribution in [1.82, 2.24) is 10.6 Å². The molecule has 4 nitrogen and oxygen atoms in total. The Balaban J connectivity index is 3.84. The number of ketones is 1. The molecule has 24 heavy (non-hydrogen) atoms. The number of Topliss-reactive ketones (excluding diaryl/α,β-unsaturated/α-hetero) is 1. The Labute approximate surface area is 154 Å². The minimum Gasteiger partial charge on any atom is -0.356 e. The number of hydrogen-bond donors (Lipinski definition) is 3. The van der Waals surface area contributed by atoms with Crippen LogP contribution in [0.25, 0.3) is 0 Å². The molecular weight excluding hydrogens is 320 g/mol. The number of hydrogen-bond acceptors (Lipinski definition) is 4. The summed E-state index contributed by atoms with van der Waals surface area (Å²) in [4.78, 5) is 23.9. The summed E-state index contributed by atoms with van der Waals surface area (Å²) in [6.07, 6.45) is 6.53. The van der Waals surface area contributed by atoms with Crippen molar-refractivity contribution in [2.24, 2.45) is 11.8 Å². The number of carbonyl (C=O) groups is 2. The van der Waals surface area contributed by atoms with E-state index in [4.69, 9.17) is 0 Å². The van der Waals surface area contributed by atoms with Gasteiger partial charge in [0.25, 0.3) is 0 Å². The zero-order chi connectivity index (χ0) is 18.5. The van der Waals surface area contributed by atoms with E-state index in [0.717, 1.165) is 32.1 Å². The molecule has 5 heteroatoms. The molecular formula is C19H38N2O2S. The Morgan fingerprint density at radius 2 is 1.54 bits per heavy atom. The van der Waals surface area contributed by atoms with Gasteiger partial charge in [0.05, 0.1) is 6.04 Å². The van der Waals surface area contributed by atoms with Crippen LogP contribution < -0.4 is 10.6 Å². The number of nitrogens with one attached hydrogen (secondary N) is 2. The molecule has 0 saturated heterocycles. The molecule has 0 fully saturated rings. The van der Waals surface area contributed by atoms with E-state index in [1.54, 1.807) is 0 Å². The van der Waals surface area contributed by atoms with Gasteiger partial charge in [0.15, 0.2) is 5.78 Å². The van der Waals surface area contributed by atoms with Gasteiger partial charge >= 0.3 is 0 Å². The van der Waals surface area contributed by atoms with Crippen LogP contribution in [0.2, 0.25) is 0 Å². The molecule has 0 rings (SSSR count). The van der Waals surface area contributed by atoms with Gasteiger partial charge < -0.3 is 5.32 Å². The molecule has 0 aromatic heterocycles. The van der Waals surface area contributed by atoms with Crippen LogP contribution in [0.4, 0.5) is 0 Å². The Kier molecular flexibility index (Phi) is 13.4. The molecule has 0 aliphatic carbocycles. The number of rotatable bonds is 14. The number of thiol groups is 1. The molecule has 0 aromatic rings. The Bertz CT molecular complexity index is 357. The normalized spacial score (nSPS) is 14.0. The van der Waals surface area contributed by atoms with E-state index in [1.165, 1.54) is 6.42 Å². The molecule has 0 spiro atoms. The standard InChI is InChI=1S/C19H38N2O2S/c1-14(2)10-6-7-12-18(22)20-13-9-8-11-17(21-16(5)24)19(23)15(3)4/h14-17,21,24H,6-13H2,1-5H3,(H,20,22). The van der Waals surface area contributed by atoms with Crippen molar-refractivity contribution in [3.63, 3.8) is 0 Å². The van der Waals surface area contributed by atoms with Gasteiger partial charge in [0.1, 0.15) is 0 Å². The van der Waals surface area contributed by atoms with Crippen LogP contribution in [-0.4, -0.2) is 29.7 Å². The predicted molar refractivity (Wildman–Crippen MR) is 105 cm³/mol. The summed E-state index contributed by atoms with van der Waals surface area (Å²) >= 11 is 4.32. The number of amides is 1. The Hall–Kier alpha value is -0.550. The van der Waals surface area contributed by atoms with Gasteiger partial charge in [-0.15, -0.1) is 0 Å². The van der Waals surface area contributed by atoms with Gasteiger partial charge in [-0.3, -0.25) is 14.9 Å². The molecule has 0 aliphatic rings. The van der Waals surface area contributed by atoms with Gasteiger partial charge in [0.2, 0.25) is 5.91 Å². The second kappa shape index (κ2) is 13.7. The van der Waals surface area contributed by atoms with Crippen molar-refractivity contribution in [3.05, 3.63) is 0 Å². The van der Waals surface area contributed by atoms with Crippen molar-refractivity contribution in [2.75, 3.05) is 6.54 Å². The van der Waals surface area contributed by atoms with Crippen molar-refractivity contribution < 1.29 is 9.59 Å². The van der Waals surface area contributed by atoms with Crippen LogP contribution in [0.3, 0.4) is 0 Å². The third kappa shape index (κ3) is 12.8. The lowest BCUT2D eigenvalue weighted by Crippen LogP contribution is -2.42. The van der Waals surface area contributed by atoms with E-state index in [9.17, 15) is 9.59 Å². The minimum absolute atomic E-state index is 0.00300. The van der Waals surface area contributed by atoms with E-state index in [2.05, 4.69) is 37.1 Å². The lowest BCUT2D eigenvalue weighted by molar-refractivity contribution is -0.124. The monoisotopic (exact) mass is 358 g/mol. The third-order valence-corrected chi connectivity index (χ3v) is 4.18. The van der Waals surface area contributed by atoms with Crippen molar-refractivity contribution in [2.45, 2.75) is 91.0 Å². The zero-order valence-electron chi connectivity index (χ0n) is 16.2. The maximum Gasteiger partial charge on any atom is 0.219 e. The van der Waals surface area contributed by atoms with E-state index in [-0.39, 0.29) is 29.0 Å². The predicted octanol–water partition coefficient (Wildman–Crippen LogP) is 3.95. The number of unbranched alkanes of at least 4 members (excludes halogenated alkanes) is 2. The van der Waals surface area contributed by atoms with Crippen LogP contribution in [0.5, 0.6) is 0 Å². The van der Waals surface area contributed by atoms with Gasteiger partial charge in [-0.25, -0.2) is 0 Å². The summed E-state index contributed by atoms with van der Waals surface area (Å²) < 4.78 is 0. The fourth-order valence-electron chi connectivity index (χ4n) is 2.63. The Morgan fingerprint density at radius 1 is 0.917 bits per heavy atom. The second-order valence-corrected chi connectivity index (χ2v) is 8.21. The fraction of sp³-hybridized carbons (Fsp3) is 0.895. The molecule has 0 radical (unpaired) electrons. The van der Waals surface area contributed by atoms with Crippen LogP contribution in [0, 0.1) is 11.8 Å². The average molecular weight is 359 g/mol. The van der Waals surface area contributed by atoms with E-state index >= 15 is 0 Å². The first-order valence-corrected chi connectivity index (χ1v) is 10.00. The second-order valence-electron chi connectivity index (χ2n) is 7.44. The molecule has 0 aliphatic heterocycles. The van der Waals surface area contributed by atoms with Crippen LogP contribution in [-0.2, 0) is 9.59 Å². The maximum atomic E-state index is 12.2. The highest BCUT2D eigenvalue weighted by Crippen LogP contribution is 2.10. The smallest absolute Gasteiger partial charge is 0.219 e. The van der Waals surface area contributed by atoms with E-state index < -0.39 is 0 Å². The first-order valence-electron chi connectivity index (χ1n) is 9.48. The summed E-state index contributed by atoms with van der Waals surface area (Å²) in [5.74, 6) is 1.13. The fourth-order valence-corrected chi connectivity index (χ4v) is 2.81. The lowest BCUT2D eigenvalue weighted by atomic mass is 9.97. The largest absolute Gasteiger partial charge is 0.356 e. The minimum atomic E-state index is -0.135. The van der Waals surface area contributed by atoms with Gasteiger partial charge in [-0.05, 0) is 38.5 Å². The molecule has 2 unspecified atom stereocenters. The SMILES string of the molecule is CC(C)CCCCC(=O)NCCCCC(NC(C)S)C(=O)C(C)C. The summed E-state index contributed by atoms with van der Waals surface area (Å²) in [5, 5.41) is 6.21. The van der Waals surface area contributed by atoms with Crippen molar-refractivity contribution in [3.8, 4) is 0 Å². The molecule has 2 N–H and O–H groups in total. The van der Waals surface area contributed by atoms with Gasteiger partial charge in [0, 0.05) is 24.3 Å². The number of carbonyl (C=O) groups excluding carboxylic acids is 2. The van der Waals surface area contributed by atoms with Gasteiger partial charge in [-0.1, -0.05) is 40.5 Å². The van der Waals surface area contributed by atoms with Gasteiger partial charge in [-0.2, -0.15) is 12.6 Å².